The summed E-state index contributed by atoms with van der Waals surface area (Å²) in [5.74, 6) is -0.812. The summed E-state index contributed by atoms with van der Waals surface area (Å²) in [6.45, 7) is 6.51. The minimum Gasteiger partial charge on any atom is -0.478 e. The Labute approximate surface area is 131 Å². The van der Waals surface area contributed by atoms with Gasteiger partial charge in [0.1, 0.15) is 0 Å². The molecule has 4 heteroatoms. The van der Waals surface area contributed by atoms with Crippen molar-refractivity contribution in [3.63, 3.8) is 0 Å². The summed E-state index contributed by atoms with van der Waals surface area (Å²) in [6, 6.07) is 4.85. The average molecular weight is 304 g/mol. The minimum atomic E-state index is -1.18. The molecule has 0 spiro atoms. The lowest BCUT2D eigenvalue weighted by Gasteiger charge is -2.38. The number of benzene rings is 1. The van der Waals surface area contributed by atoms with Crippen LogP contribution >= 0.6 is 0 Å². The molecule has 1 saturated carbocycles. The number of carbonyl (C=O) groups is 2. The molecule has 1 aliphatic carbocycles. The lowest BCUT2D eigenvalue weighted by atomic mass is 9.66. The molecule has 0 radical (unpaired) electrons. The van der Waals surface area contributed by atoms with Crippen LogP contribution in [0.15, 0.2) is 18.2 Å². The monoisotopic (exact) mass is 304 g/mol. The SMILES string of the molecule is CC1CCC(C(C)C)C(c2cccc(C(=O)O)c2C(=O)O)C1. The molecule has 1 aromatic rings. The van der Waals surface area contributed by atoms with Crippen LogP contribution in [0.5, 0.6) is 0 Å². The molecule has 2 rings (SSSR count). The molecule has 4 nitrogen and oxygen atoms in total. The van der Waals surface area contributed by atoms with Crippen LogP contribution in [0.2, 0.25) is 0 Å². The third kappa shape index (κ3) is 3.16. The molecule has 1 fully saturated rings. The Morgan fingerprint density at radius 3 is 2.36 bits per heavy atom. The molecular weight excluding hydrogens is 280 g/mol. The van der Waals surface area contributed by atoms with Crippen molar-refractivity contribution in [3.05, 3.63) is 34.9 Å². The number of hydrogen-bond donors (Lipinski definition) is 2. The highest BCUT2D eigenvalue weighted by Gasteiger charge is 2.35. The van der Waals surface area contributed by atoms with E-state index in [2.05, 4.69) is 20.8 Å². The summed E-state index contributed by atoms with van der Waals surface area (Å²) in [5, 5.41) is 18.9. The fraction of sp³-hybridized carbons (Fsp3) is 0.556. The molecule has 0 aliphatic heterocycles. The fourth-order valence-electron chi connectivity index (χ4n) is 3.86. The zero-order valence-electron chi connectivity index (χ0n) is 13.4. The van der Waals surface area contributed by atoms with Gasteiger partial charge in [-0.2, -0.15) is 0 Å². The second kappa shape index (κ2) is 6.51. The van der Waals surface area contributed by atoms with Gasteiger partial charge in [-0.15, -0.1) is 0 Å². The first-order chi connectivity index (χ1) is 10.3. The van der Waals surface area contributed by atoms with Gasteiger partial charge in [0, 0.05) is 0 Å². The van der Waals surface area contributed by atoms with Crippen LogP contribution in [-0.2, 0) is 0 Å². The van der Waals surface area contributed by atoms with Crippen molar-refractivity contribution >= 4 is 11.9 Å². The molecule has 3 unspecified atom stereocenters. The first kappa shape index (κ1) is 16.5. The zero-order valence-corrected chi connectivity index (χ0v) is 13.4. The van der Waals surface area contributed by atoms with E-state index < -0.39 is 11.9 Å². The second-order valence-electron chi connectivity index (χ2n) is 6.81. The van der Waals surface area contributed by atoms with Crippen molar-refractivity contribution in [2.45, 2.75) is 46.0 Å². The second-order valence-corrected chi connectivity index (χ2v) is 6.81. The third-order valence-electron chi connectivity index (χ3n) is 4.96. The Kier molecular flexibility index (Phi) is 4.89. The van der Waals surface area contributed by atoms with Crippen LogP contribution in [0.4, 0.5) is 0 Å². The molecule has 3 atom stereocenters. The van der Waals surface area contributed by atoms with E-state index in [1.54, 1.807) is 12.1 Å². The predicted molar refractivity (Wildman–Crippen MR) is 84.4 cm³/mol. The molecule has 22 heavy (non-hydrogen) atoms. The van der Waals surface area contributed by atoms with E-state index in [-0.39, 0.29) is 17.0 Å². The molecule has 120 valence electrons. The predicted octanol–water partition coefficient (Wildman–Crippen LogP) is 4.26. The zero-order chi connectivity index (χ0) is 16.4. The van der Waals surface area contributed by atoms with Crippen molar-refractivity contribution in [3.8, 4) is 0 Å². The van der Waals surface area contributed by atoms with Crippen molar-refractivity contribution < 1.29 is 19.8 Å². The molecule has 1 aromatic carbocycles. The molecule has 0 heterocycles. The first-order valence-corrected chi connectivity index (χ1v) is 7.92. The maximum Gasteiger partial charge on any atom is 0.336 e. The van der Waals surface area contributed by atoms with Crippen molar-refractivity contribution in [1.82, 2.24) is 0 Å². The van der Waals surface area contributed by atoms with Crippen LogP contribution in [0, 0.1) is 17.8 Å². The summed E-state index contributed by atoms with van der Waals surface area (Å²) in [7, 11) is 0. The molecule has 2 N–H and O–H groups in total. The summed E-state index contributed by atoms with van der Waals surface area (Å²) < 4.78 is 0. The summed E-state index contributed by atoms with van der Waals surface area (Å²) in [4.78, 5) is 23.1. The smallest absolute Gasteiger partial charge is 0.336 e. The number of rotatable bonds is 4. The Morgan fingerprint density at radius 1 is 1.14 bits per heavy atom. The number of hydrogen-bond acceptors (Lipinski definition) is 2. The largest absolute Gasteiger partial charge is 0.478 e. The van der Waals surface area contributed by atoms with Gasteiger partial charge in [0.2, 0.25) is 0 Å². The third-order valence-corrected chi connectivity index (χ3v) is 4.96. The van der Waals surface area contributed by atoms with E-state index in [9.17, 15) is 19.8 Å². The van der Waals surface area contributed by atoms with Gasteiger partial charge < -0.3 is 10.2 Å². The summed E-state index contributed by atoms with van der Waals surface area (Å²) in [6.07, 6.45) is 3.15. The van der Waals surface area contributed by atoms with Gasteiger partial charge in [-0.05, 0) is 48.1 Å². The fourth-order valence-corrected chi connectivity index (χ4v) is 3.86. The van der Waals surface area contributed by atoms with Gasteiger partial charge in [0.25, 0.3) is 0 Å². The topological polar surface area (TPSA) is 74.6 Å². The number of carboxylic acid groups (broad SMARTS) is 2. The minimum absolute atomic E-state index is 0.0280. The Morgan fingerprint density at radius 2 is 1.82 bits per heavy atom. The maximum atomic E-state index is 11.7. The van der Waals surface area contributed by atoms with Crippen LogP contribution in [0.25, 0.3) is 0 Å². The Balaban J connectivity index is 2.56. The van der Waals surface area contributed by atoms with E-state index in [4.69, 9.17) is 0 Å². The molecule has 0 bridgehead atoms. The van der Waals surface area contributed by atoms with E-state index in [0.717, 1.165) is 19.3 Å². The van der Waals surface area contributed by atoms with Crippen LogP contribution in [0.3, 0.4) is 0 Å². The molecule has 1 aliphatic rings. The van der Waals surface area contributed by atoms with E-state index >= 15 is 0 Å². The molecule has 0 aromatic heterocycles. The van der Waals surface area contributed by atoms with Crippen LogP contribution in [-0.4, -0.2) is 22.2 Å². The van der Waals surface area contributed by atoms with Gasteiger partial charge in [0.05, 0.1) is 11.1 Å². The highest BCUT2D eigenvalue weighted by Crippen LogP contribution is 2.45. The Bertz CT molecular complexity index is 576. The standard InChI is InChI=1S/C18H24O4/c1-10(2)12-8-7-11(3)9-15(12)13-5-4-6-14(17(19)20)16(13)18(21)22/h4-6,10-12,15H,7-9H2,1-3H3,(H,19,20)(H,21,22). The molecule has 0 saturated heterocycles. The number of aromatic carboxylic acids is 2. The lowest BCUT2D eigenvalue weighted by molar-refractivity contribution is 0.0648. The first-order valence-electron chi connectivity index (χ1n) is 7.92. The van der Waals surface area contributed by atoms with Gasteiger partial charge in [-0.3, -0.25) is 0 Å². The molecule has 0 amide bonds. The average Bonchev–Trinajstić information content (AvgIpc) is 2.45. The van der Waals surface area contributed by atoms with Crippen LogP contribution in [0.1, 0.15) is 72.2 Å². The lowest BCUT2D eigenvalue weighted by Crippen LogP contribution is -2.28. The highest BCUT2D eigenvalue weighted by molar-refractivity contribution is 6.02. The van der Waals surface area contributed by atoms with Crippen LogP contribution < -0.4 is 0 Å². The van der Waals surface area contributed by atoms with Gasteiger partial charge >= 0.3 is 11.9 Å². The van der Waals surface area contributed by atoms with Crippen molar-refractivity contribution in [2.24, 2.45) is 17.8 Å². The quantitative estimate of drug-likeness (QED) is 0.871. The maximum absolute atomic E-state index is 11.7. The van der Waals surface area contributed by atoms with E-state index in [1.807, 2.05) is 0 Å². The Hall–Kier alpha value is -1.84. The van der Waals surface area contributed by atoms with Crippen molar-refractivity contribution in [1.29, 1.82) is 0 Å². The summed E-state index contributed by atoms with van der Waals surface area (Å²) >= 11 is 0. The normalized spacial score (nSPS) is 25.2. The molecular formula is C18H24O4. The highest BCUT2D eigenvalue weighted by atomic mass is 16.4. The number of carboxylic acids is 2. The van der Waals surface area contributed by atoms with Gasteiger partial charge in [-0.1, -0.05) is 39.3 Å². The van der Waals surface area contributed by atoms with Gasteiger partial charge in [-0.25, -0.2) is 9.59 Å². The van der Waals surface area contributed by atoms with E-state index in [1.165, 1.54) is 6.07 Å². The summed E-state index contributed by atoms with van der Waals surface area (Å²) in [5.41, 5.74) is 0.558. The van der Waals surface area contributed by atoms with Crippen molar-refractivity contribution in [2.75, 3.05) is 0 Å². The van der Waals surface area contributed by atoms with E-state index in [0.29, 0.717) is 23.3 Å². The van der Waals surface area contributed by atoms with Gasteiger partial charge in [0.15, 0.2) is 0 Å².